The van der Waals surface area contributed by atoms with E-state index < -0.39 is 28.0 Å². The number of carbonyl (C=O) groups is 1. The van der Waals surface area contributed by atoms with E-state index in [1.165, 1.54) is 19.9 Å². The highest BCUT2D eigenvalue weighted by Gasteiger charge is 2.25. The highest BCUT2D eigenvalue weighted by molar-refractivity contribution is 7.89. The molecule has 0 saturated carbocycles. The molecule has 0 aliphatic heterocycles. The highest BCUT2D eigenvalue weighted by atomic mass is 32.2. The van der Waals surface area contributed by atoms with Crippen molar-refractivity contribution in [3.05, 3.63) is 29.8 Å². The van der Waals surface area contributed by atoms with Gasteiger partial charge in [-0.1, -0.05) is 25.1 Å². The van der Waals surface area contributed by atoms with Crippen molar-refractivity contribution in [3.8, 4) is 0 Å². The maximum absolute atomic E-state index is 12.1. The molecule has 0 aromatic heterocycles. The second-order valence-electron chi connectivity index (χ2n) is 4.30. The fourth-order valence-electron chi connectivity index (χ4n) is 1.48. The van der Waals surface area contributed by atoms with Gasteiger partial charge < -0.3 is 5.11 Å². The van der Waals surface area contributed by atoms with Crippen LogP contribution in [0, 0.1) is 12.8 Å². The van der Waals surface area contributed by atoms with Crippen molar-refractivity contribution in [2.45, 2.75) is 31.7 Å². The Kier molecular flexibility index (Phi) is 4.48. The van der Waals surface area contributed by atoms with E-state index in [0.717, 1.165) is 0 Å². The van der Waals surface area contributed by atoms with Crippen LogP contribution in [0.3, 0.4) is 0 Å². The van der Waals surface area contributed by atoms with Crippen molar-refractivity contribution in [1.82, 2.24) is 4.72 Å². The molecule has 0 heterocycles. The zero-order valence-corrected chi connectivity index (χ0v) is 11.4. The summed E-state index contributed by atoms with van der Waals surface area (Å²) in [6.45, 7) is 4.70. The van der Waals surface area contributed by atoms with Crippen LogP contribution < -0.4 is 4.72 Å². The Labute approximate surface area is 107 Å². The Hall–Kier alpha value is -1.40. The Morgan fingerprint density at radius 1 is 1.28 bits per heavy atom. The van der Waals surface area contributed by atoms with Crippen molar-refractivity contribution in [2.75, 3.05) is 0 Å². The number of aliphatic carboxylic acids is 1. The van der Waals surface area contributed by atoms with E-state index in [0.29, 0.717) is 5.56 Å². The molecule has 0 radical (unpaired) electrons. The molecule has 0 fully saturated rings. The summed E-state index contributed by atoms with van der Waals surface area (Å²) in [5, 5.41) is 8.84. The largest absolute Gasteiger partial charge is 0.481 e. The molecule has 6 heteroatoms. The zero-order valence-electron chi connectivity index (χ0n) is 10.5. The van der Waals surface area contributed by atoms with Gasteiger partial charge >= 0.3 is 5.97 Å². The number of hydrogen-bond donors (Lipinski definition) is 2. The number of carboxylic acid groups (broad SMARTS) is 1. The molecule has 2 atom stereocenters. The standard InChI is InChI=1S/C12H17NO4S/c1-8-6-4-5-7-11(8)18(16,17)13-10(3)9(2)12(14)15/h4-7,9-10,13H,1-3H3,(H,14,15). The maximum atomic E-state index is 12.1. The summed E-state index contributed by atoms with van der Waals surface area (Å²) < 4.78 is 26.6. The molecule has 0 aliphatic carbocycles. The number of benzene rings is 1. The van der Waals surface area contributed by atoms with Crippen LogP contribution in [0.4, 0.5) is 0 Å². The first-order valence-corrected chi connectivity index (χ1v) is 7.05. The van der Waals surface area contributed by atoms with Crippen LogP contribution in [0.25, 0.3) is 0 Å². The lowest BCUT2D eigenvalue weighted by Crippen LogP contribution is -2.40. The Morgan fingerprint density at radius 3 is 2.33 bits per heavy atom. The summed E-state index contributed by atoms with van der Waals surface area (Å²) in [6, 6.07) is 5.90. The number of nitrogens with one attached hydrogen (secondary N) is 1. The molecule has 2 N–H and O–H groups in total. The average Bonchev–Trinajstić information content (AvgIpc) is 2.27. The van der Waals surface area contributed by atoms with Crippen LogP contribution in [-0.4, -0.2) is 25.5 Å². The first-order valence-electron chi connectivity index (χ1n) is 5.56. The van der Waals surface area contributed by atoms with E-state index in [1.807, 2.05) is 0 Å². The number of sulfonamides is 1. The first kappa shape index (κ1) is 14.7. The smallest absolute Gasteiger partial charge is 0.307 e. The van der Waals surface area contributed by atoms with Crippen molar-refractivity contribution >= 4 is 16.0 Å². The van der Waals surface area contributed by atoms with E-state index in [2.05, 4.69) is 4.72 Å². The van der Waals surface area contributed by atoms with Crippen molar-refractivity contribution in [2.24, 2.45) is 5.92 Å². The monoisotopic (exact) mass is 271 g/mol. The quantitative estimate of drug-likeness (QED) is 0.847. The van der Waals surface area contributed by atoms with Gasteiger partial charge in [-0.15, -0.1) is 0 Å². The second kappa shape index (κ2) is 5.49. The molecule has 100 valence electrons. The maximum Gasteiger partial charge on any atom is 0.307 e. The minimum Gasteiger partial charge on any atom is -0.481 e. The fraction of sp³-hybridized carbons (Fsp3) is 0.417. The van der Waals surface area contributed by atoms with Crippen molar-refractivity contribution in [1.29, 1.82) is 0 Å². The van der Waals surface area contributed by atoms with Crippen LogP contribution in [0.2, 0.25) is 0 Å². The summed E-state index contributed by atoms with van der Waals surface area (Å²) in [4.78, 5) is 11.0. The van der Waals surface area contributed by atoms with Crippen LogP contribution >= 0.6 is 0 Å². The van der Waals surface area contributed by atoms with Crippen LogP contribution in [-0.2, 0) is 14.8 Å². The zero-order chi connectivity index (χ0) is 13.9. The van der Waals surface area contributed by atoms with Gasteiger partial charge in [-0.05, 0) is 25.5 Å². The lowest BCUT2D eigenvalue weighted by Gasteiger charge is -2.18. The lowest BCUT2D eigenvalue weighted by atomic mass is 10.1. The summed E-state index contributed by atoms with van der Waals surface area (Å²) in [7, 11) is -3.68. The third-order valence-electron chi connectivity index (χ3n) is 2.86. The minimum atomic E-state index is -3.68. The summed E-state index contributed by atoms with van der Waals surface area (Å²) >= 11 is 0. The van der Waals surface area contributed by atoms with E-state index >= 15 is 0 Å². The Balaban J connectivity index is 2.97. The molecule has 0 spiro atoms. The first-order chi connectivity index (χ1) is 8.25. The third kappa shape index (κ3) is 3.30. The summed E-state index contributed by atoms with van der Waals surface area (Å²) in [5.74, 6) is -1.82. The van der Waals surface area contributed by atoms with Gasteiger partial charge in [-0.25, -0.2) is 13.1 Å². The van der Waals surface area contributed by atoms with Gasteiger partial charge in [-0.2, -0.15) is 0 Å². The van der Waals surface area contributed by atoms with Crippen molar-refractivity contribution < 1.29 is 18.3 Å². The molecule has 0 saturated heterocycles. The van der Waals surface area contributed by atoms with Gasteiger partial charge in [0, 0.05) is 6.04 Å². The normalized spacial score (nSPS) is 15.1. The summed E-state index contributed by atoms with van der Waals surface area (Å²) in [5.41, 5.74) is 0.625. The lowest BCUT2D eigenvalue weighted by molar-refractivity contribution is -0.141. The van der Waals surface area contributed by atoms with Gasteiger partial charge in [0.2, 0.25) is 10.0 Å². The number of hydrogen-bond acceptors (Lipinski definition) is 3. The summed E-state index contributed by atoms with van der Waals surface area (Å²) in [6.07, 6.45) is 0. The number of aryl methyl sites for hydroxylation is 1. The van der Waals surface area contributed by atoms with Gasteiger partial charge in [-0.3, -0.25) is 4.79 Å². The molecule has 0 aliphatic rings. The minimum absolute atomic E-state index is 0.175. The van der Waals surface area contributed by atoms with E-state index in [-0.39, 0.29) is 4.90 Å². The predicted molar refractivity (Wildman–Crippen MR) is 67.8 cm³/mol. The molecule has 0 amide bonds. The predicted octanol–water partition coefficient (Wildman–Crippen LogP) is 1.38. The SMILES string of the molecule is Cc1ccccc1S(=O)(=O)NC(C)C(C)C(=O)O. The number of carboxylic acids is 1. The molecule has 0 bridgehead atoms. The second-order valence-corrected chi connectivity index (χ2v) is 5.98. The van der Waals surface area contributed by atoms with Gasteiger partial charge in [0.15, 0.2) is 0 Å². The van der Waals surface area contributed by atoms with Gasteiger partial charge in [0.05, 0.1) is 10.8 Å². The van der Waals surface area contributed by atoms with Crippen LogP contribution in [0.1, 0.15) is 19.4 Å². The molecule has 5 nitrogen and oxygen atoms in total. The highest BCUT2D eigenvalue weighted by Crippen LogP contribution is 2.15. The molecule has 1 rings (SSSR count). The van der Waals surface area contributed by atoms with E-state index in [9.17, 15) is 13.2 Å². The molecule has 1 aromatic rings. The fourth-order valence-corrected chi connectivity index (χ4v) is 3.05. The average molecular weight is 271 g/mol. The van der Waals surface area contributed by atoms with E-state index in [4.69, 9.17) is 5.11 Å². The Bertz CT molecular complexity index is 539. The molecule has 2 unspecified atom stereocenters. The van der Waals surface area contributed by atoms with Crippen LogP contribution in [0.5, 0.6) is 0 Å². The molecule has 18 heavy (non-hydrogen) atoms. The topological polar surface area (TPSA) is 83.5 Å². The molecule has 1 aromatic carbocycles. The van der Waals surface area contributed by atoms with Gasteiger partial charge in [0.1, 0.15) is 0 Å². The number of rotatable bonds is 5. The molecular formula is C12H17NO4S. The Morgan fingerprint density at radius 2 is 1.83 bits per heavy atom. The van der Waals surface area contributed by atoms with Gasteiger partial charge in [0.25, 0.3) is 0 Å². The van der Waals surface area contributed by atoms with Crippen LogP contribution in [0.15, 0.2) is 29.2 Å². The molecular weight excluding hydrogens is 254 g/mol. The van der Waals surface area contributed by atoms with E-state index in [1.54, 1.807) is 25.1 Å². The third-order valence-corrected chi connectivity index (χ3v) is 4.58. The van der Waals surface area contributed by atoms with Crippen molar-refractivity contribution in [3.63, 3.8) is 0 Å².